The van der Waals surface area contributed by atoms with Crippen molar-refractivity contribution >= 4 is 23.1 Å². The lowest BCUT2D eigenvalue weighted by molar-refractivity contribution is 0.0393. The Kier molecular flexibility index (Phi) is 5.18. The molecule has 0 saturated carbocycles. The molecule has 2 heterocycles. The molecule has 0 aromatic carbocycles. The molecule has 0 radical (unpaired) electrons. The number of ether oxygens (including phenoxy) is 1. The SMILES string of the molecule is CNc1c(Cl)ncnc1N(C)CCN1CCOCC1. The van der Waals surface area contributed by atoms with Crippen LogP contribution in [0.2, 0.25) is 5.15 Å². The van der Waals surface area contributed by atoms with Crippen molar-refractivity contribution in [2.24, 2.45) is 0 Å². The van der Waals surface area contributed by atoms with E-state index in [0.29, 0.717) is 5.15 Å². The Morgan fingerprint density at radius 2 is 2.16 bits per heavy atom. The molecule has 1 aliphatic heterocycles. The molecule has 0 atom stereocenters. The molecular formula is C12H20ClN5O. The topological polar surface area (TPSA) is 53.5 Å². The Bertz CT molecular complexity index is 411. The van der Waals surface area contributed by atoms with Gasteiger partial charge in [0, 0.05) is 40.3 Å². The van der Waals surface area contributed by atoms with Gasteiger partial charge in [0.05, 0.1) is 13.2 Å². The molecule has 106 valence electrons. The number of likely N-dealkylation sites (N-methyl/N-ethyl adjacent to an activating group) is 1. The van der Waals surface area contributed by atoms with Crippen LogP contribution in [0.25, 0.3) is 0 Å². The standard InChI is InChI=1S/C12H20ClN5O/c1-14-10-11(13)15-9-16-12(10)17(2)3-4-18-5-7-19-8-6-18/h9,14H,3-8H2,1-2H3. The normalized spacial score (nSPS) is 16.4. The number of nitrogens with zero attached hydrogens (tertiary/aromatic N) is 4. The predicted octanol–water partition coefficient (Wildman–Crippen LogP) is 0.940. The number of hydrogen-bond acceptors (Lipinski definition) is 6. The van der Waals surface area contributed by atoms with Gasteiger partial charge in [-0.25, -0.2) is 9.97 Å². The Hall–Kier alpha value is -1.11. The lowest BCUT2D eigenvalue weighted by Gasteiger charge is -2.29. The number of hydrogen-bond donors (Lipinski definition) is 1. The van der Waals surface area contributed by atoms with Crippen molar-refractivity contribution in [1.82, 2.24) is 14.9 Å². The summed E-state index contributed by atoms with van der Waals surface area (Å²) in [6.45, 7) is 5.52. The van der Waals surface area contributed by atoms with Gasteiger partial charge >= 0.3 is 0 Å². The van der Waals surface area contributed by atoms with Crippen molar-refractivity contribution in [2.75, 3.05) is 63.7 Å². The molecular weight excluding hydrogens is 266 g/mol. The van der Waals surface area contributed by atoms with E-state index >= 15 is 0 Å². The number of rotatable bonds is 5. The van der Waals surface area contributed by atoms with E-state index in [0.717, 1.165) is 50.9 Å². The maximum absolute atomic E-state index is 6.06. The number of aromatic nitrogens is 2. The van der Waals surface area contributed by atoms with E-state index in [1.807, 2.05) is 14.1 Å². The quantitative estimate of drug-likeness (QED) is 0.813. The Balaban J connectivity index is 1.95. The number of morpholine rings is 1. The summed E-state index contributed by atoms with van der Waals surface area (Å²) in [5.74, 6) is 0.829. The lowest BCUT2D eigenvalue weighted by Crippen LogP contribution is -2.41. The van der Waals surface area contributed by atoms with Gasteiger partial charge in [-0.1, -0.05) is 11.6 Å². The minimum absolute atomic E-state index is 0.450. The molecule has 19 heavy (non-hydrogen) atoms. The summed E-state index contributed by atoms with van der Waals surface area (Å²) in [4.78, 5) is 12.8. The zero-order valence-corrected chi connectivity index (χ0v) is 12.2. The first-order valence-corrected chi connectivity index (χ1v) is 6.79. The van der Waals surface area contributed by atoms with E-state index in [9.17, 15) is 0 Å². The number of nitrogens with one attached hydrogen (secondary N) is 1. The average Bonchev–Trinajstić information content (AvgIpc) is 2.45. The molecule has 0 amide bonds. The fourth-order valence-electron chi connectivity index (χ4n) is 2.08. The maximum Gasteiger partial charge on any atom is 0.157 e. The van der Waals surface area contributed by atoms with Gasteiger partial charge in [-0.3, -0.25) is 4.90 Å². The van der Waals surface area contributed by atoms with Crippen LogP contribution in [-0.4, -0.2) is 68.4 Å². The van der Waals surface area contributed by atoms with Crippen LogP contribution >= 0.6 is 11.6 Å². The summed E-state index contributed by atoms with van der Waals surface area (Å²) in [5, 5.41) is 3.50. The van der Waals surface area contributed by atoms with E-state index in [2.05, 4.69) is 25.1 Å². The van der Waals surface area contributed by atoms with Gasteiger partial charge < -0.3 is 15.0 Å². The van der Waals surface area contributed by atoms with Gasteiger partial charge in [-0.05, 0) is 0 Å². The smallest absolute Gasteiger partial charge is 0.157 e. The maximum atomic E-state index is 6.06. The molecule has 1 fully saturated rings. The van der Waals surface area contributed by atoms with Crippen LogP contribution in [0.3, 0.4) is 0 Å². The first-order chi connectivity index (χ1) is 9.22. The highest BCUT2D eigenvalue weighted by atomic mass is 35.5. The third-order valence-electron chi connectivity index (χ3n) is 3.25. The highest BCUT2D eigenvalue weighted by molar-refractivity contribution is 6.32. The van der Waals surface area contributed by atoms with Crippen molar-refractivity contribution in [2.45, 2.75) is 0 Å². The molecule has 1 aliphatic rings. The second-order valence-electron chi connectivity index (χ2n) is 4.49. The van der Waals surface area contributed by atoms with E-state index in [-0.39, 0.29) is 0 Å². The monoisotopic (exact) mass is 285 g/mol. The molecule has 6 nitrogen and oxygen atoms in total. The minimum atomic E-state index is 0.450. The van der Waals surface area contributed by atoms with E-state index in [4.69, 9.17) is 16.3 Å². The van der Waals surface area contributed by atoms with E-state index in [1.54, 1.807) is 0 Å². The Morgan fingerprint density at radius 3 is 2.84 bits per heavy atom. The molecule has 0 spiro atoms. The first kappa shape index (κ1) is 14.3. The highest BCUT2D eigenvalue weighted by Crippen LogP contribution is 2.27. The molecule has 0 unspecified atom stereocenters. The molecule has 0 aliphatic carbocycles. The molecule has 1 aromatic rings. The fourth-order valence-corrected chi connectivity index (χ4v) is 2.30. The zero-order chi connectivity index (χ0) is 13.7. The average molecular weight is 286 g/mol. The van der Waals surface area contributed by atoms with Gasteiger partial charge in [0.2, 0.25) is 0 Å². The fraction of sp³-hybridized carbons (Fsp3) is 0.667. The summed E-state index contributed by atoms with van der Waals surface area (Å²) in [7, 11) is 3.84. The van der Waals surface area contributed by atoms with Crippen molar-refractivity contribution in [3.05, 3.63) is 11.5 Å². The third kappa shape index (κ3) is 3.68. The van der Waals surface area contributed by atoms with Crippen LogP contribution in [0.1, 0.15) is 0 Å². The predicted molar refractivity (Wildman–Crippen MR) is 77.1 cm³/mol. The van der Waals surface area contributed by atoms with Crippen LogP contribution in [0.15, 0.2) is 6.33 Å². The van der Waals surface area contributed by atoms with Crippen LogP contribution in [0.4, 0.5) is 11.5 Å². The summed E-state index contributed by atoms with van der Waals surface area (Å²) in [6, 6.07) is 0. The van der Waals surface area contributed by atoms with E-state index < -0.39 is 0 Å². The number of anilines is 2. The molecule has 1 aromatic heterocycles. The summed E-state index contributed by atoms with van der Waals surface area (Å²) >= 11 is 6.06. The molecule has 0 bridgehead atoms. The zero-order valence-electron chi connectivity index (χ0n) is 11.4. The van der Waals surface area contributed by atoms with Crippen LogP contribution in [0, 0.1) is 0 Å². The summed E-state index contributed by atoms with van der Waals surface area (Å²) in [6.07, 6.45) is 1.49. The molecule has 7 heteroatoms. The highest BCUT2D eigenvalue weighted by Gasteiger charge is 2.15. The van der Waals surface area contributed by atoms with Crippen LogP contribution in [0.5, 0.6) is 0 Å². The van der Waals surface area contributed by atoms with Crippen molar-refractivity contribution in [3.8, 4) is 0 Å². The van der Waals surface area contributed by atoms with Gasteiger partial charge in [0.1, 0.15) is 12.0 Å². The van der Waals surface area contributed by atoms with Crippen molar-refractivity contribution in [1.29, 1.82) is 0 Å². The molecule has 2 rings (SSSR count). The van der Waals surface area contributed by atoms with Crippen molar-refractivity contribution < 1.29 is 4.74 Å². The Labute approximate surface area is 118 Å². The van der Waals surface area contributed by atoms with Gasteiger partial charge in [0.25, 0.3) is 0 Å². The van der Waals surface area contributed by atoms with E-state index in [1.165, 1.54) is 6.33 Å². The molecule has 1 saturated heterocycles. The summed E-state index contributed by atoms with van der Waals surface area (Å²) < 4.78 is 5.34. The van der Waals surface area contributed by atoms with Gasteiger partial charge in [0.15, 0.2) is 11.0 Å². The van der Waals surface area contributed by atoms with Gasteiger partial charge in [-0.15, -0.1) is 0 Å². The largest absolute Gasteiger partial charge is 0.383 e. The molecule has 1 N–H and O–H groups in total. The Morgan fingerprint density at radius 1 is 1.42 bits per heavy atom. The second kappa shape index (κ2) is 6.88. The van der Waals surface area contributed by atoms with Crippen LogP contribution < -0.4 is 10.2 Å². The second-order valence-corrected chi connectivity index (χ2v) is 4.85. The minimum Gasteiger partial charge on any atom is -0.383 e. The summed E-state index contributed by atoms with van der Waals surface area (Å²) in [5.41, 5.74) is 0.772. The van der Waals surface area contributed by atoms with Crippen LogP contribution in [-0.2, 0) is 4.74 Å². The third-order valence-corrected chi connectivity index (χ3v) is 3.53. The van der Waals surface area contributed by atoms with Gasteiger partial charge in [-0.2, -0.15) is 0 Å². The van der Waals surface area contributed by atoms with Crippen molar-refractivity contribution in [3.63, 3.8) is 0 Å². The number of halogens is 1. The lowest BCUT2D eigenvalue weighted by atomic mass is 10.3. The first-order valence-electron chi connectivity index (χ1n) is 6.42.